The minimum atomic E-state index is -0.965. The summed E-state index contributed by atoms with van der Waals surface area (Å²) in [7, 11) is 0. The smallest absolute Gasteiger partial charge is 0.306 e. The molecule has 82 valence electrons. The van der Waals surface area contributed by atoms with E-state index in [1.54, 1.807) is 0 Å². The average Bonchev–Trinajstić information content (AvgIpc) is 2.14. The molecule has 0 aromatic rings. The Bertz CT molecular complexity index is 177. The van der Waals surface area contributed by atoms with Crippen molar-refractivity contribution in [1.29, 1.82) is 0 Å². The number of carboxylic acids is 1. The first-order valence-corrected chi connectivity index (χ1v) is 5.04. The number of unbranched alkanes of at least 4 members (excludes halogenated alkanes) is 3. The summed E-state index contributed by atoms with van der Waals surface area (Å²) < 4.78 is 4.84. The Kier molecular flexibility index (Phi) is 7.89. The third kappa shape index (κ3) is 9.03. The standard InChI is InChI=1S/C10H18O4/c1-2-3-4-5-8-14-10(13)7-6-9(11)12/h2-8H2,1H3,(H,11,12). The lowest BCUT2D eigenvalue weighted by molar-refractivity contribution is -0.147. The van der Waals surface area contributed by atoms with Crippen LogP contribution < -0.4 is 0 Å². The molecule has 0 aromatic carbocycles. The van der Waals surface area contributed by atoms with Crippen LogP contribution in [0, 0.1) is 0 Å². The molecule has 0 bridgehead atoms. The van der Waals surface area contributed by atoms with Crippen molar-refractivity contribution in [2.24, 2.45) is 0 Å². The third-order valence-electron chi connectivity index (χ3n) is 1.80. The van der Waals surface area contributed by atoms with Gasteiger partial charge in [-0.3, -0.25) is 9.59 Å². The highest BCUT2D eigenvalue weighted by molar-refractivity contribution is 5.76. The first-order valence-electron chi connectivity index (χ1n) is 5.04. The molecule has 0 heterocycles. The van der Waals surface area contributed by atoms with Crippen molar-refractivity contribution >= 4 is 11.9 Å². The van der Waals surface area contributed by atoms with Crippen LogP contribution in [0.1, 0.15) is 45.4 Å². The van der Waals surface area contributed by atoms with Crippen LogP contribution in [0.2, 0.25) is 0 Å². The summed E-state index contributed by atoms with van der Waals surface area (Å²) in [5.74, 6) is -1.38. The quantitative estimate of drug-likeness (QED) is 0.483. The molecule has 0 aliphatic heterocycles. The molecule has 0 saturated heterocycles. The van der Waals surface area contributed by atoms with Gasteiger partial charge in [0.05, 0.1) is 19.4 Å². The summed E-state index contributed by atoms with van der Waals surface area (Å²) in [5.41, 5.74) is 0. The van der Waals surface area contributed by atoms with Gasteiger partial charge < -0.3 is 9.84 Å². The maximum atomic E-state index is 10.9. The van der Waals surface area contributed by atoms with Crippen molar-refractivity contribution in [2.45, 2.75) is 45.4 Å². The van der Waals surface area contributed by atoms with Crippen LogP contribution in [0.5, 0.6) is 0 Å². The fraction of sp³-hybridized carbons (Fsp3) is 0.800. The molecular formula is C10H18O4. The molecule has 0 aromatic heterocycles. The molecule has 1 N–H and O–H groups in total. The van der Waals surface area contributed by atoms with Crippen molar-refractivity contribution in [3.05, 3.63) is 0 Å². The van der Waals surface area contributed by atoms with Crippen molar-refractivity contribution < 1.29 is 19.4 Å². The van der Waals surface area contributed by atoms with Gasteiger partial charge in [0.1, 0.15) is 0 Å². The number of esters is 1. The summed E-state index contributed by atoms with van der Waals surface area (Å²) in [4.78, 5) is 21.0. The molecule has 0 aliphatic rings. The second kappa shape index (κ2) is 8.53. The van der Waals surface area contributed by atoms with Crippen LogP contribution in [0.25, 0.3) is 0 Å². The molecule has 0 saturated carbocycles. The lowest BCUT2D eigenvalue weighted by Crippen LogP contribution is -2.08. The van der Waals surface area contributed by atoms with E-state index in [1.165, 1.54) is 0 Å². The number of carbonyl (C=O) groups excluding carboxylic acids is 1. The second-order valence-electron chi connectivity index (χ2n) is 3.17. The SMILES string of the molecule is CCCCCCOC(=O)CCC(=O)O. The molecule has 0 unspecified atom stereocenters. The highest BCUT2D eigenvalue weighted by Gasteiger charge is 2.05. The molecule has 0 amide bonds. The molecular weight excluding hydrogens is 184 g/mol. The summed E-state index contributed by atoms with van der Waals surface area (Å²) >= 11 is 0. The summed E-state index contributed by atoms with van der Waals surface area (Å²) in [6.07, 6.45) is 4.05. The Morgan fingerprint density at radius 3 is 2.43 bits per heavy atom. The maximum absolute atomic E-state index is 10.9. The van der Waals surface area contributed by atoms with Gasteiger partial charge in [-0.1, -0.05) is 26.2 Å². The number of hydrogen-bond donors (Lipinski definition) is 1. The molecule has 0 spiro atoms. The van der Waals surface area contributed by atoms with Gasteiger partial charge in [0, 0.05) is 0 Å². The van der Waals surface area contributed by atoms with E-state index in [0.717, 1.165) is 25.7 Å². The van der Waals surface area contributed by atoms with Crippen molar-refractivity contribution in [3.63, 3.8) is 0 Å². The summed E-state index contributed by atoms with van der Waals surface area (Å²) in [6.45, 7) is 2.53. The second-order valence-corrected chi connectivity index (χ2v) is 3.17. The van der Waals surface area contributed by atoms with Crippen LogP contribution in [0.3, 0.4) is 0 Å². The minimum absolute atomic E-state index is 0.0247. The number of carboxylic acid groups (broad SMARTS) is 1. The number of aliphatic carboxylic acids is 1. The van der Waals surface area contributed by atoms with Crippen LogP contribution in [0.15, 0.2) is 0 Å². The van der Waals surface area contributed by atoms with Crippen LogP contribution in [0.4, 0.5) is 0 Å². The van der Waals surface area contributed by atoms with Gasteiger partial charge >= 0.3 is 11.9 Å². The van der Waals surface area contributed by atoms with Gasteiger partial charge in [0.15, 0.2) is 0 Å². The Labute approximate surface area is 84.3 Å². The zero-order chi connectivity index (χ0) is 10.8. The van der Waals surface area contributed by atoms with Gasteiger partial charge in [-0.2, -0.15) is 0 Å². The molecule has 4 nitrogen and oxygen atoms in total. The molecule has 4 heteroatoms. The Morgan fingerprint density at radius 1 is 1.14 bits per heavy atom. The van der Waals surface area contributed by atoms with Crippen LogP contribution >= 0.6 is 0 Å². The average molecular weight is 202 g/mol. The van der Waals surface area contributed by atoms with Crippen molar-refractivity contribution in [1.82, 2.24) is 0 Å². The van der Waals surface area contributed by atoms with E-state index in [4.69, 9.17) is 9.84 Å². The highest BCUT2D eigenvalue weighted by atomic mass is 16.5. The summed E-state index contributed by atoms with van der Waals surface area (Å²) in [5, 5.41) is 8.30. The van der Waals surface area contributed by atoms with E-state index in [2.05, 4.69) is 6.92 Å². The van der Waals surface area contributed by atoms with E-state index in [0.29, 0.717) is 6.61 Å². The largest absolute Gasteiger partial charge is 0.481 e. The third-order valence-corrected chi connectivity index (χ3v) is 1.80. The predicted molar refractivity (Wildman–Crippen MR) is 52.0 cm³/mol. The van der Waals surface area contributed by atoms with Gasteiger partial charge in [-0.25, -0.2) is 0 Å². The Balaban J connectivity index is 3.22. The normalized spacial score (nSPS) is 9.79. The Morgan fingerprint density at radius 2 is 1.86 bits per heavy atom. The topological polar surface area (TPSA) is 63.6 Å². The van der Waals surface area contributed by atoms with Gasteiger partial charge in [0.25, 0.3) is 0 Å². The molecule has 0 atom stereocenters. The molecule has 0 fully saturated rings. The number of ether oxygens (including phenoxy) is 1. The Hall–Kier alpha value is -1.06. The first-order chi connectivity index (χ1) is 6.66. The number of hydrogen-bond acceptors (Lipinski definition) is 3. The summed E-state index contributed by atoms with van der Waals surface area (Å²) in [6, 6.07) is 0. The molecule has 0 aliphatic carbocycles. The first kappa shape index (κ1) is 12.9. The monoisotopic (exact) mass is 202 g/mol. The fourth-order valence-corrected chi connectivity index (χ4v) is 0.996. The van der Waals surface area contributed by atoms with E-state index in [1.807, 2.05) is 0 Å². The van der Waals surface area contributed by atoms with E-state index in [9.17, 15) is 9.59 Å². The number of rotatable bonds is 8. The van der Waals surface area contributed by atoms with Gasteiger partial charge in [-0.05, 0) is 6.42 Å². The zero-order valence-electron chi connectivity index (χ0n) is 8.62. The van der Waals surface area contributed by atoms with E-state index >= 15 is 0 Å². The zero-order valence-corrected chi connectivity index (χ0v) is 8.62. The predicted octanol–water partition coefficient (Wildman–Crippen LogP) is 1.97. The molecule has 0 radical (unpaired) electrons. The molecule has 14 heavy (non-hydrogen) atoms. The number of carbonyl (C=O) groups is 2. The molecule has 0 rings (SSSR count). The lowest BCUT2D eigenvalue weighted by atomic mass is 10.2. The van der Waals surface area contributed by atoms with E-state index < -0.39 is 11.9 Å². The fourth-order valence-electron chi connectivity index (χ4n) is 0.996. The van der Waals surface area contributed by atoms with E-state index in [-0.39, 0.29) is 12.8 Å². The lowest BCUT2D eigenvalue weighted by Gasteiger charge is -2.02. The van der Waals surface area contributed by atoms with Crippen LogP contribution in [-0.4, -0.2) is 23.7 Å². The van der Waals surface area contributed by atoms with Gasteiger partial charge in [0.2, 0.25) is 0 Å². The van der Waals surface area contributed by atoms with Crippen LogP contribution in [-0.2, 0) is 14.3 Å². The maximum Gasteiger partial charge on any atom is 0.306 e. The highest BCUT2D eigenvalue weighted by Crippen LogP contribution is 2.00. The van der Waals surface area contributed by atoms with Gasteiger partial charge in [-0.15, -0.1) is 0 Å². The van der Waals surface area contributed by atoms with Crippen molar-refractivity contribution in [3.8, 4) is 0 Å². The van der Waals surface area contributed by atoms with Crippen molar-refractivity contribution in [2.75, 3.05) is 6.61 Å². The minimum Gasteiger partial charge on any atom is -0.481 e.